The molecule has 1 aromatic heterocycles. The lowest BCUT2D eigenvalue weighted by atomic mass is 10.1. The zero-order chi connectivity index (χ0) is 36.0. The summed E-state index contributed by atoms with van der Waals surface area (Å²) in [6, 6.07) is 9.62. The molecule has 3 aliphatic rings. The number of morpholine rings is 1. The smallest absolute Gasteiger partial charge is 0.378 e. The molecule has 2 aromatic carbocycles. The van der Waals surface area contributed by atoms with Crippen molar-refractivity contribution in [3.63, 3.8) is 0 Å². The Morgan fingerprint density at radius 1 is 1.02 bits per heavy atom. The second kappa shape index (κ2) is 14.0. The summed E-state index contributed by atoms with van der Waals surface area (Å²) in [7, 11) is -4.14. The maximum atomic E-state index is 14.4. The lowest BCUT2D eigenvalue weighted by Gasteiger charge is -2.39. The number of rotatable bonds is 7. The summed E-state index contributed by atoms with van der Waals surface area (Å²) in [6.45, 7) is 4.40. The van der Waals surface area contributed by atoms with Crippen LogP contribution < -0.4 is 15.1 Å². The zero-order valence-corrected chi connectivity index (χ0v) is 29.2. The van der Waals surface area contributed by atoms with Gasteiger partial charge in [-0.3, -0.25) is 23.7 Å². The van der Waals surface area contributed by atoms with Gasteiger partial charge in [0.05, 0.1) is 18.1 Å². The van der Waals surface area contributed by atoms with Crippen LogP contribution in [0.5, 0.6) is 0 Å². The Morgan fingerprint density at radius 3 is 2.38 bits per heavy atom. The molecule has 4 amide bonds. The standard InChI is InChI=1S/C33H38F2N5O8PS/c1-20(41)39-12-11-25-8-9-27(32(44)37(2)23-4-6-24(7-5-23)38-13-15-48-16-14-38)40(25)31(43)26(19-39)36-30(42)29-18-21-17-22(3-10-28(21)50-29)33(34,35)49(45,46)47/h3-7,10,17-18,25-27H,8-9,11-16,19H2,1-2H3,(H,36,42)(H2,45,46,47)/t25-,26+,27+/m1/s1. The van der Waals surface area contributed by atoms with Crippen molar-refractivity contribution in [1.82, 2.24) is 15.1 Å². The number of alkyl halides is 2. The Hall–Kier alpha value is -3.95. The number of hydrogen-bond acceptors (Lipinski definition) is 8. The first-order valence-electron chi connectivity index (χ1n) is 16.2. The fraction of sp³-hybridized carbons (Fsp3) is 0.455. The summed E-state index contributed by atoms with van der Waals surface area (Å²) >= 11 is 0.948. The Bertz CT molecular complexity index is 1850. The molecule has 3 N–H and O–H groups in total. The van der Waals surface area contributed by atoms with E-state index in [4.69, 9.17) is 14.5 Å². The van der Waals surface area contributed by atoms with Crippen LogP contribution in [0.3, 0.4) is 0 Å². The molecule has 3 fully saturated rings. The summed E-state index contributed by atoms with van der Waals surface area (Å²) in [5.74, 6) is -1.77. The molecule has 6 rings (SSSR count). The van der Waals surface area contributed by atoms with Crippen LogP contribution in [0.2, 0.25) is 0 Å². The number of hydrogen-bond donors (Lipinski definition) is 3. The quantitative estimate of drug-likeness (QED) is 0.310. The van der Waals surface area contributed by atoms with Crippen LogP contribution in [0.4, 0.5) is 20.2 Å². The Balaban J connectivity index is 1.22. The maximum absolute atomic E-state index is 14.4. The minimum Gasteiger partial charge on any atom is -0.378 e. The second-order valence-electron chi connectivity index (χ2n) is 12.7. The molecule has 0 saturated carbocycles. The van der Waals surface area contributed by atoms with Gasteiger partial charge in [-0.05, 0) is 67.1 Å². The minimum absolute atomic E-state index is 0.0618. The van der Waals surface area contributed by atoms with Gasteiger partial charge in [0.1, 0.15) is 12.1 Å². The molecular weight excluding hydrogens is 695 g/mol. The Kier molecular flexibility index (Phi) is 10.0. The fourth-order valence-corrected chi connectivity index (χ4v) is 8.23. The Morgan fingerprint density at radius 2 is 1.72 bits per heavy atom. The number of thiophene rings is 1. The second-order valence-corrected chi connectivity index (χ2v) is 15.5. The first kappa shape index (κ1) is 35.9. The molecule has 3 aliphatic heterocycles. The van der Waals surface area contributed by atoms with E-state index in [0.717, 1.165) is 42.2 Å². The zero-order valence-electron chi connectivity index (χ0n) is 27.5. The molecule has 17 heteroatoms. The monoisotopic (exact) mass is 733 g/mol. The lowest BCUT2D eigenvalue weighted by Crippen LogP contribution is -2.61. The summed E-state index contributed by atoms with van der Waals surface area (Å²) in [6.07, 6.45) is 1.41. The predicted molar refractivity (Wildman–Crippen MR) is 182 cm³/mol. The summed E-state index contributed by atoms with van der Waals surface area (Å²) in [5, 5.41) is 2.87. The molecule has 3 atom stereocenters. The number of likely N-dealkylation sites (N-methyl/N-ethyl adjacent to an activating group) is 1. The third-order valence-electron chi connectivity index (χ3n) is 9.62. The predicted octanol–water partition coefficient (Wildman–Crippen LogP) is 3.34. The van der Waals surface area contributed by atoms with Gasteiger partial charge in [0, 0.05) is 67.8 Å². The summed E-state index contributed by atoms with van der Waals surface area (Å²) < 4.78 is 46.0. The van der Waals surface area contributed by atoms with Gasteiger partial charge < -0.3 is 39.4 Å². The highest BCUT2D eigenvalue weighted by Gasteiger charge is 2.50. The number of ether oxygens (including phenoxy) is 1. The number of amides is 4. The number of nitrogens with zero attached hydrogens (tertiary/aromatic N) is 4. The van der Waals surface area contributed by atoms with E-state index >= 15 is 0 Å². The first-order chi connectivity index (χ1) is 23.7. The molecule has 3 saturated heterocycles. The van der Waals surface area contributed by atoms with E-state index in [0.29, 0.717) is 49.4 Å². The molecule has 13 nitrogen and oxygen atoms in total. The number of nitrogens with one attached hydrogen (secondary N) is 1. The number of benzene rings is 2. The largest absolute Gasteiger partial charge is 0.399 e. The van der Waals surface area contributed by atoms with E-state index in [2.05, 4.69) is 10.2 Å². The molecule has 50 heavy (non-hydrogen) atoms. The number of anilines is 2. The van der Waals surface area contributed by atoms with Crippen LogP contribution >= 0.6 is 18.9 Å². The van der Waals surface area contributed by atoms with Crippen molar-refractivity contribution >= 4 is 64.0 Å². The van der Waals surface area contributed by atoms with E-state index in [1.54, 1.807) is 11.9 Å². The summed E-state index contributed by atoms with van der Waals surface area (Å²) in [4.78, 5) is 79.4. The van der Waals surface area contributed by atoms with Gasteiger partial charge in [0.15, 0.2) is 0 Å². The van der Waals surface area contributed by atoms with Crippen molar-refractivity contribution in [3.8, 4) is 0 Å². The molecule has 0 spiro atoms. The molecule has 3 aromatic rings. The van der Waals surface area contributed by atoms with Crippen LogP contribution in [-0.4, -0.2) is 108 Å². The number of fused-ring (bicyclic) bond motifs is 2. The average Bonchev–Trinajstić information content (AvgIpc) is 3.72. The van der Waals surface area contributed by atoms with Gasteiger partial charge in [-0.1, -0.05) is 6.07 Å². The number of carbonyl (C=O) groups excluding carboxylic acids is 4. The van der Waals surface area contributed by atoms with Gasteiger partial charge in [0.2, 0.25) is 17.7 Å². The molecule has 268 valence electrons. The van der Waals surface area contributed by atoms with E-state index in [1.165, 1.54) is 28.9 Å². The van der Waals surface area contributed by atoms with E-state index < -0.39 is 42.7 Å². The van der Waals surface area contributed by atoms with E-state index in [-0.39, 0.29) is 34.7 Å². The van der Waals surface area contributed by atoms with Crippen molar-refractivity contribution < 1.29 is 47.0 Å². The number of carbonyl (C=O) groups is 4. The van der Waals surface area contributed by atoms with Crippen molar-refractivity contribution in [1.29, 1.82) is 0 Å². The first-order valence-corrected chi connectivity index (χ1v) is 18.6. The number of halogens is 2. The fourth-order valence-electron chi connectivity index (χ4n) is 6.81. The molecule has 0 radical (unpaired) electrons. The SMILES string of the molecule is CC(=O)N1CC[C@H]2CC[C@@H](C(=O)N(C)c3ccc(N4CCOCC4)cc3)N2C(=O)[C@@H](NC(=O)c2cc3cc(C(F)(F)P(=O)(O)O)ccc3s2)C1. The van der Waals surface area contributed by atoms with Gasteiger partial charge in [-0.2, -0.15) is 8.78 Å². The highest BCUT2D eigenvalue weighted by molar-refractivity contribution is 7.52. The highest BCUT2D eigenvalue weighted by atomic mass is 32.1. The minimum atomic E-state index is -5.80. The maximum Gasteiger partial charge on any atom is 0.399 e. The van der Waals surface area contributed by atoms with Crippen LogP contribution in [0, 0.1) is 0 Å². The molecule has 4 heterocycles. The molecular formula is C33H38F2N5O8PS. The van der Waals surface area contributed by atoms with Crippen LogP contribution in [0.25, 0.3) is 10.1 Å². The van der Waals surface area contributed by atoms with Crippen LogP contribution in [0.1, 0.15) is 41.4 Å². The topological polar surface area (TPSA) is 160 Å². The molecule has 0 unspecified atom stereocenters. The average molecular weight is 734 g/mol. The van der Waals surface area contributed by atoms with Crippen molar-refractivity contribution in [3.05, 3.63) is 59.0 Å². The summed E-state index contributed by atoms with van der Waals surface area (Å²) in [5.41, 5.74) is -3.64. The normalized spacial score (nSPS) is 21.8. The van der Waals surface area contributed by atoms with Crippen LogP contribution in [-0.2, 0) is 29.3 Å². The Labute approximate surface area is 290 Å². The van der Waals surface area contributed by atoms with Gasteiger partial charge in [0.25, 0.3) is 5.91 Å². The lowest BCUT2D eigenvalue weighted by molar-refractivity contribution is -0.144. The molecule has 0 aliphatic carbocycles. The van der Waals surface area contributed by atoms with Gasteiger partial charge in [-0.15, -0.1) is 11.3 Å². The van der Waals surface area contributed by atoms with Gasteiger partial charge in [-0.25, -0.2) is 0 Å². The van der Waals surface area contributed by atoms with Crippen molar-refractivity contribution in [2.45, 2.75) is 50.0 Å². The van der Waals surface area contributed by atoms with Gasteiger partial charge >= 0.3 is 13.3 Å². The third-order valence-corrected chi connectivity index (χ3v) is 11.7. The highest BCUT2D eigenvalue weighted by Crippen LogP contribution is 2.59. The molecule has 0 bridgehead atoms. The van der Waals surface area contributed by atoms with Crippen LogP contribution in [0.15, 0.2) is 48.5 Å². The van der Waals surface area contributed by atoms with E-state index in [9.17, 15) is 32.5 Å². The van der Waals surface area contributed by atoms with Crippen molar-refractivity contribution in [2.75, 3.05) is 56.2 Å². The van der Waals surface area contributed by atoms with E-state index in [1.807, 2.05) is 24.3 Å². The third kappa shape index (κ3) is 6.99. The van der Waals surface area contributed by atoms with Crippen molar-refractivity contribution in [2.24, 2.45) is 0 Å².